The standard InChI is InChI=1S/C14H17N3O4/c15-7-10-8-17(3-4-21-10)14(20)11(16)5-9-1-2-12(18)13(19)6-9/h1-2,6,10-11,18-19H,3-5,8,16H2/t10?,11-/m0/s1. The summed E-state index contributed by atoms with van der Waals surface area (Å²) in [5.74, 6) is -0.724. The summed E-state index contributed by atoms with van der Waals surface area (Å²) >= 11 is 0. The van der Waals surface area contributed by atoms with Crippen molar-refractivity contribution < 1.29 is 19.7 Å². The molecule has 4 N–H and O–H groups in total. The molecule has 1 amide bonds. The average Bonchev–Trinajstić information content (AvgIpc) is 2.50. The molecule has 7 heteroatoms. The number of amides is 1. The first-order valence-corrected chi connectivity index (χ1v) is 6.57. The van der Waals surface area contributed by atoms with Crippen LogP contribution in [0.25, 0.3) is 0 Å². The highest BCUT2D eigenvalue weighted by molar-refractivity contribution is 5.82. The smallest absolute Gasteiger partial charge is 0.240 e. The second kappa shape index (κ2) is 6.43. The molecule has 0 spiro atoms. The Kier molecular flexibility index (Phi) is 4.62. The van der Waals surface area contributed by atoms with Gasteiger partial charge >= 0.3 is 0 Å². The van der Waals surface area contributed by atoms with Crippen molar-refractivity contribution >= 4 is 5.91 Å². The van der Waals surface area contributed by atoms with Crippen LogP contribution in [0.4, 0.5) is 0 Å². The normalized spacial score (nSPS) is 19.8. The summed E-state index contributed by atoms with van der Waals surface area (Å²) in [5, 5.41) is 27.5. The quantitative estimate of drug-likeness (QED) is 0.659. The van der Waals surface area contributed by atoms with Crippen molar-refractivity contribution in [2.45, 2.75) is 18.6 Å². The van der Waals surface area contributed by atoms with Gasteiger partial charge in [-0.05, 0) is 24.1 Å². The topological polar surface area (TPSA) is 120 Å². The summed E-state index contributed by atoms with van der Waals surface area (Å²) in [6, 6.07) is 5.52. The number of nitriles is 1. The summed E-state index contributed by atoms with van der Waals surface area (Å²) in [4.78, 5) is 13.8. The zero-order valence-corrected chi connectivity index (χ0v) is 11.4. The Morgan fingerprint density at radius 2 is 2.29 bits per heavy atom. The maximum absolute atomic E-state index is 12.2. The Labute approximate surface area is 122 Å². The van der Waals surface area contributed by atoms with Gasteiger partial charge in [0.2, 0.25) is 5.91 Å². The summed E-state index contributed by atoms with van der Waals surface area (Å²) < 4.78 is 5.18. The third kappa shape index (κ3) is 3.62. The molecular weight excluding hydrogens is 274 g/mol. The fraction of sp³-hybridized carbons (Fsp3) is 0.429. The lowest BCUT2D eigenvalue weighted by atomic mass is 10.0. The minimum Gasteiger partial charge on any atom is -0.504 e. The molecule has 1 heterocycles. The molecule has 0 bridgehead atoms. The number of phenols is 2. The molecule has 0 saturated carbocycles. The Morgan fingerprint density at radius 1 is 1.52 bits per heavy atom. The highest BCUT2D eigenvalue weighted by Crippen LogP contribution is 2.25. The van der Waals surface area contributed by atoms with Crippen molar-refractivity contribution in [2.24, 2.45) is 5.73 Å². The molecule has 1 saturated heterocycles. The fourth-order valence-electron chi connectivity index (χ4n) is 2.20. The fourth-order valence-corrected chi connectivity index (χ4v) is 2.20. The van der Waals surface area contributed by atoms with Gasteiger partial charge in [0.05, 0.1) is 25.3 Å². The Bertz CT molecular complexity index is 570. The lowest BCUT2D eigenvalue weighted by Crippen LogP contribution is -2.51. The molecule has 1 aromatic rings. The highest BCUT2D eigenvalue weighted by atomic mass is 16.5. The van der Waals surface area contributed by atoms with Crippen LogP contribution in [0.2, 0.25) is 0 Å². The van der Waals surface area contributed by atoms with Gasteiger partial charge in [0, 0.05) is 6.54 Å². The van der Waals surface area contributed by atoms with E-state index in [-0.39, 0.29) is 30.4 Å². The van der Waals surface area contributed by atoms with Crippen LogP contribution in [0.5, 0.6) is 11.5 Å². The van der Waals surface area contributed by atoms with E-state index in [1.54, 1.807) is 6.07 Å². The lowest BCUT2D eigenvalue weighted by molar-refractivity contribution is -0.138. The summed E-state index contributed by atoms with van der Waals surface area (Å²) in [6.07, 6.45) is -0.381. The predicted octanol–water partition coefficient (Wildman–Crippen LogP) is -0.281. The van der Waals surface area contributed by atoms with Crippen LogP contribution in [0.3, 0.4) is 0 Å². The number of hydrogen-bond acceptors (Lipinski definition) is 6. The number of morpholine rings is 1. The van der Waals surface area contributed by atoms with E-state index >= 15 is 0 Å². The van der Waals surface area contributed by atoms with E-state index in [0.717, 1.165) is 0 Å². The average molecular weight is 291 g/mol. The number of phenolic OH excluding ortho intramolecular Hbond substituents is 2. The van der Waals surface area contributed by atoms with E-state index in [0.29, 0.717) is 18.7 Å². The van der Waals surface area contributed by atoms with E-state index in [1.165, 1.54) is 17.0 Å². The summed E-state index contributed by atoms with van der Waals surface area (Å²) in [5.41, 5.74) is 6.55. The number of ether oxygens (including phenoxy) is 1. The number of rotatable bonds is 3. The van der Waals surface area contributed by atoms with Crippen LogP contribution in [-0.4, -0.2) is 52.9 Å². The molecule has 2 atom stereocenters. The molecule has 0 aromatic heterocycles. The number of nitrogens with zero attached hydrogens (tertiary/aromatic N) is 2. The van der Waals surface area contributed by atoms with E-state index in [1.807, 2.05) is 6.07 Å². The van der Waals surface area contributed by atoms with Crippen LogP contribution in [0.15, 0.2) is 18.2 Å². The Hall–Kier alpha value is -2.30. The van der Waals surface area contributed by atoms with Crippen molar-refractivity contribution in [1.82, 2.24) is 4.90 Å². The molecule has 7 nitrogen and oxygen atoms in total. The summed E-state index contributed by atoms with van der Waals surface area (Å²) in [7, 11) is 0. The van der Waals surface area contributed by atoms with Crippen LogP contribution in [-0.2, 0) is 16.0 Å². The maximum Gasteiger partial charge on any atom is 0.240 e. The van der Waals surface area contributed by atoms with Crippen molar-refractivity contribution in [3.63, 3.8) is 0 Å². The van der Waals surface area contributed by atoms with Gasteiger partial charge in [-0.1, -0.05) is 6.07 Å². The maximum atomic E-state index is 12.2. The van der Waals surface area contributed by atoms with Gasteiger partial charge in [0.1, 0.15) is 0 Å². The number of aromatic hydroxyl groups is 2. The number of nitrogens with two attached hydrogens (primary N) is 1. The second-order valence-electron chi connectivity index (χ2n) is 4.91. The van der Waals surface area contributed by atoms with Gasteiger partial charge in [-0.15, -0.1) is 0 Å². The lowest BCUT2D eigenvalue weighted by Gasteiger charge is -2.31. The van der Waals surface area contributed by atoms with E-state index in [2.05, 4.69) is 0 Å². The second-order valence-corrected chi connectivity index (χ2v) is 4.91. The monoisotopic (exact) mass is 291 g/mol. The van der Waals surface area contributed by atoms with E-state index in [9.17, 15) is 15.0 Å². The molecule has 21 heavy (non-hydrogen) atoms. The largest absolute Gasteiger partial charge is 0.504 e. The number of hydrogen-bond donors (Lipinski definition) is 3. The van der Waals surface area contributed by atoms with Gasteiger partial charge < -0.3 is 25.6 Å². The SMILES string of the molecule is N#CC1CN(C(=O)[C@@H](N)Cc2ccc(O)c(O)c2)CCO1. The van der Waals surface area contributed by atoms with Gasteiger partial charge in [0.15, 0.2) is 17.6 Å². The van der Waals surface area contributed by atoms with E-state index < -0.39 is 12.1 Å². The first-order chi connectivity index (χ1) is 10.0. The molecule has 1 aliphatic heterocycles. The number of benzene rings is 1. The van der Waals surface area contributed by atoms with Crippen molar-refractivity contribution in [3.8, 4) is 17.6 Å². The molecule has 0 radical (unpaired) electrons. The molecule has 2 rings (SSSR count). The molecule has 1 unspecified atom stereocenters. The predicted molar refractivity (Wildman–Crippen MR) is 73.4 cm³/mol. The molecule has 0 aliphatic carbocycles. The van der Waals surface area contributed by atoms with Gasteiger partial charge in [-0.25, -0.2) is 0 Å². The first kappa shape index (κ1) is 15.1. The minimum atomic E-state index is -0.772. The minimum absolute atomic E-state index is 0.212. The summed E-state index contributed by atoms with van der Waals surface area (Å²) in [6.45, 7) is 0.937. The van der Waals surface area contributed by atoms with Crippen molar-refractivity contribution in [2.75, 3.05) is 19.7 Å². The van der Waals surface area contributed by atoms with Crippen molar-refractivity contribution in [1.29, 1.82) is 5.26 Å². The van der Waals surface area contributed by atoms with Gasteiger partial charge in [-0.2, -0.15) is 5.26 Å². The Balaban J connectivity index is 1.99. The first-order valence-electron chi connectivity index (χ1n) is 6.57. The van der Waals surface area contributed by atoms with Crippen molar-refractivity contribution in [3.05, 3.63) is 23.8 Å². The molecule has 1 fully saturated rings. The third-order valence-corrected chi connectivity index (χ3v) is 3.33. The highest BCUT2D eigenvalue weighted by Gasteiger charge is 2.27. The third-order valence-electron chi connectivity index (χ3n) is 3.33. The zero-order chi connectivity index (χ0) is 15.4. The van der Waals surface area contributed by atoms with Crippen LogP contribution < -0.4 is 5.73 Å². The van der Waals surface area contributed by atoms with Gasteiger partial charge in [-0.3, -0.25) is 4.79 Å². The molecule has 1 aromatic carbocycles. The van der Waals surface area contributed by atoms with Crippen LogP contribution >= 0.6 is 0 Å². The number of carbonyl (C=O) groups excluding carboxylic acids is 1. The van der Waals surface area contributed by atoms with E-state index in [4.69, 9.17) is 15.7 Å². The Morgan fingerprint density at radius 3 is 2.95 bits per heavy atom. The zero-order valence-electron chi connectivity index (χ0n) is 11.4. The van der Waals surface area contributed by atoms with Crippen LogP contribution in [0.1, 0.15) is 5.56 Å². The molecular formula is C14H17N3O4. The van der Waals surface area contributed by atoms with Gasteiger partial charge in [0.25, 0.3) is 0 Å². The van der Waals surface area contributed by atoms with Crippen LogP contribution in [0, 0.1) is 11.3 Å². The molecule has 1 aliphatic rings. The number of carbonyl (C=O) groups is 1. The molecule has 112 valence electrons.